The number of amidine groups is 1. The molecule has 0 saturated carbocycles. The lowest BCUT2D eigenvalue weighted by atomic mass is 10.1. The van der Waals surface area contributed by atoms with E-state index < -0.39 is 14.9 Å². The average Bonchev–Trinajstić information content (AvgIpc) is 2.87. The number of thioether (sulfide) groups is 1. The van der Waals surface area contributed by atoms with Crippen LogP contribution in [0.4, 0.5) is 0 Å². The standard InChI is InChI=1S/C21H23N3O4S2/c1-13-10-14(2)18(15(3)11-13)30(26,27)28-17-8-6-16(7-9-17)12-22-24-20-23-19(25)21(4,5)29-20/h6-12H,1-5H3,(H,23,24,25). The highest BCUT2D eigenvalue weighted by molar-refractivity contribution is 8.16. The molecule has 0 aliphatic carbocycles. The van der Waals surface area contributed by atoms with Gasteiger partial charge in [-0.3, -0.25) is 4.79 Å². The molecule has 0 aromatic heterocycles. The molecule has 9 heteroatoms. The summed E-state index contributed by atoms with van der Waals surface area (Å²) in [6.45, 7) is 9.05. The molecule has 1 amide bonds. The molecule has 0 radical (unpaired) electrons. The summed E-state index contributed by atoms with van der Waals surface area (Å²) in [4.78, 5) is 11.9. The van der Waals surface area contributed by atoms with E-state index in [0.717, 1.165) is 5.56 Å². The van der Waals surface area contributed by atoms with Gasteiger partial charge in [-0.05, 0) is 75.6 Å². The largest absolute Gasteiger partial charge is 0.379 e. The van der Waals surface area contributed by atoms with Crippen LogP contribution in [-0.2, 0) is 14.9 Å². The zero-order chi connectivity index (χ0) is 22.1. The van der Waals surface area contributed by atoms with Crippen LogP contribution in [-0.4, -0.2) is 30.5 Å². The Morgan fingerprint density at radius 2 is 1.67 bits per heavy atom. The molecule has 0 unspecified atom stereocenters. The number of amides is 1. The maximum absolute atomic E-state index is 12.7. The Hall–Kier alpha value is -2.65. The molecule has 30 heavy (non-hydrogen) atoms. The molecule has 0 atom stereocenters. The highest BCUT2D eigenvalue weighted by Gasteiger charge is 2.38. The van der Waals surface area contributed by atoms with Crippen molar-refractivity contribution in [1.29, 1.82) is 0 Å². The van der Waals surface area contributed by atoms with Gasteiger partial charge in [0.2, 0.25) is 5.91 Å². The van der Waals surface area contributed by atoms with Gasteiger partial charge in [-0.1, -0.05) is 29.5 Å². The SMILES string of the molecule is Cc1cc(C)c(S(=O)(=O)Oc2ccc(C=N/N=C3\NC(=O)C(C)(C)S3)cc2)c(C)c1. The number of benzene rings is 2. The number of hydrogen-bond acceptors (Lipinski definition) is 7. The number of hydrogen-bond donors (Lipinski definition) is 1. The maximum Gasteiger partial charge on any atom is 0.339 e. The van der Waals surface area contributed by atoms with Crippen LogP contribution in [0.15, 0.2) is 51.5 Å². The van der Waals surface area contributed by atoms with Crippen molar-refractivity contribution < 1.29 is 17.4 Å². The molecular formula is C21H23N3O4S2. The third kappa shape index (κ3) is 4.91. The molecule has 1 aliphatic heterocycles. The number of carbonyl (C=O) groups excluding carboxylic acids is 1. The molecule has 2 aromatic carbocycles. The minimum Gasteiger partial charge on any atom is -0.379 e. The van der Waals surface area contributed by atoms with Gasteiger partial charge in [0.05, 0.1) is 11.0 Å². The molecule has 1 aliphatic rings. The monoisotopic (exact) mass is 445 g/mol. The summed E-state index contributed by atoms with van der Waals surface area (Å²) in [5.41, 5.74) is 3.00. The van der Waals surface area contributed by atoms with Gasteiger partial charge < -0.3 is 9.50 Å². The minimum atomic E-state index is -3.95. The highest BCUT2D eigenvalue weighted by Crippen LogP contribution is 2.30. The molecule has 1 heterocycles. The number of rotatable bonds is 5. The Morgan fingerprint density at radius 1 is 1.07 bits per heavy atom. The summed E-state index contributed by atoms with van der Waals surface area (Å²) in [7, 11) is -3.95. The van der Waals surface area contributed by atoms with E-state index in [1.165, 1.54) is 18.0 Å². The Balaban J connectivity index is 1.71. The molecular weight excluding hydrogens is 422 g/mol. The van der Waals surface area contributed by atoms with Gasteiger partial charge in [0.1, 0.15) is 10.6 Å². The van der Waals surface area contributed by atoms with Crippen LogP contribution < -0.4 is 9.50 Å². The van der Waals surface area contributed by atoms with Crippen molar-refractivity contribution in [2.24, 2.45) is 10.2 Å². The fraction of sp³-hybridized carbons (Fsp3) is 0.286. The van der Waals surface area contributed by atoms with Gasteiger partial charge in [-0.2, -0.15) is 13.5 Å². The maximum atomic E-state index is 12.7. The van der Waals surface area contributed by atoms with E-state index in [-0.39, 0.29) is 16.6 Å². The van der Waals surface area contributed by atoms with Crippen molar-refractivity contribution in [2.45, 2.75) is 44.3 Å². The number of aryl methyl sites for hydroxylation is 3. The van der Waals surface area contributed by atoms with Crippen LogP contribution in [0.5, 0.6) is 5.75 Å². The zero-order valence-corrected chi connectivity index (χ0v) is 19.0. The van der Waals surface area contributed by atoms with Gasteiger partial charge in [0.25, 0.3) is 0 Å². The van der Waals surface area contributed by atoms with Gasteiger partial charge in [0.15, 0.2) is 5.17 Å². The van der Waals surface area contributed by atoms with Crippen molar-refractivity contribution in [3.05, 3.63) is 58.7 Å². The summed E-state index contributed by atoms with van der Waals surface area (Å²) in [6, 6.07) is 10.1. The Bertz CT molecular complexity index is 1130. The van der Waals surface area contributed by atoms with Gasteiger partial charge in [-0.25, -0.2) is 0 Å². The lowest BCUT2D eigenvalue weighted by molar-refractivity contribution is -0.120. The average molecular weight is 446 g/mol. The third-order valence-electron chi connectivity index (χ3n) is 4.42. The summed E-state index contributed by atoms with van der Waals surface area (Å²) < 4.78 is 30.2. The molecule has 1 saturated heterocycles. The van der Waals surface area contributed by atoms with Gasteiger partial charge in [-0.15, -0.1) is 5.10 Å². The highest BCUT2D eigenvalue weighted by atomic mass is 32.2. The number of nitrogens with zero attached hydrogens (tertiary/aromatic N) is 2. The van der Waals surface area contributed by atoms with E-state index in [9.17, 15) is 13.2 Å². The predicted molar refractivity (Wildman–Crippen MR) is 120 cm³/mol. The molecule has 1 fully saturated rings. The molecule has 3 rings (SSSR count). The fourth-order valence-corrected chi connectivity index (χ4v) is 5.31. The minimum absolute atomic E-state index is 0.108. The van der Waals surface area contributed by atoms with E-state index in [1.807, 2.05) is 32.9 Å². The van der Waals surface area contributed by atoms with E-state index in [2.05, 4.69) is 15.5 Å². The van der Waals surface area contributed by atoms with Crippen LogP contribution in [0.3, 0.4) is 0 Å². The Labute approximate surface area is 180 Å². The van der Waals surface area contributed by atoms with E-state index in [4.69, 9.17) is 4.18 Å². The van der Waals surface area contributed by atoms with Crippen molar-refractivity contribution in [3.8, 4) is 5.75 Å². The van der Waals surface area contributed by atoms with Crippen molar-refractivity contribution in [1.82, 2.24) is 5.32 Å². The van der Waals surface area contributed by atoms with Crippen LogP contribution in [0, 0.1) is 20.8 Å². The topological polar surface area (TPSA) is 97.2 Å². The van der Waals surface area contributed by atoms with E-state index >= 15 is 0 Å². The van der Waals surface area contributed by atoms with Gasteiger partial charge >= 0.3 is 10.1 Å². The molecule has 0 bridgehead atoms. The molecule has 2 aromatic rings. The van der Waals surface area contributed by atoms with Crippen LogP contribution >= 0.6 is 11.8 Å². The second kappa shape index (κ2) is 8.23. The van der Waals surface area contributed by atoms with Gasteiger partial charge in [0, 0.05) is 0 Å². The van der Waals surface area contributed by atoms with Crippen molar-refractivity contribution in [2.75, 3.05) is 0 Å². The van der Waals surface area contributed by atoms with Crippen LogP contribution in [0.1, 0.15) is 36.1 Å². The van der Waals surface area contributed by atoms with Crippen LogP contribution in [0.25, 0.3) is 0 Å². The van der Waals surface area contributed by atoms with E-state index in [1.54, 1.807) is 38.1 Å². The Morgan fingerprint density at radius 3 is 2.20 bits per heavy atom. The second-order valence-corrected chi connectivity index (χ2v) is 10.6. The lowest BCUT2D eigenvalue weighted by Gasteiger charge is -2.13. The summed E-state index contributed by atoms with van der Waals surface area (Å²) in [5.74, 6) is 0.0985. The smallest absolute Gasteiger partial charge is 0.339 e. The predicted octanol–water partition coefficient (Wildman–Crippen LogP) is 3.71. The first kappa shape index (κ1) is 22.0. The first-order valence-corrected chi connectivity index (χ1v) is 11.4. The fourth-order valence-electron chi connectivity index (χ4n) is 3.09. The zero-order valence-electron chi connectivity index (χ0n) is 17.4. The number of carbonyl (C=O) groups is 1. The summed E-state index contributed by atoms with van der Waals surface area (Å²) >= 11 is 1.31. The molecule has 1 N–H and O–H groups in total. The molecule has 158 valence electrons. The Kier molecular flexibility index (Phi) is 6.05. The van der Waals surface area contributed by atoms with Crippen molar-refractivity contribution in [3.63, 3.8) is 0 Å². The van der Waals surface area contributed by atoms with Crippen molar-refractivity contribution >= 4 is 39.2 Å². The quantitative estimate of drug-likeness (QED) is 0.430. The third-order valence-corrected chi connectivity index (χ3v) is 7.04. The summed E-state index contributed by atoms with van der Waals surface area (Å²) in [5, 5.41) is 11.1. The molecule has 7 nitrogen and oxygen atoms in total. The molecule has 0 spiro atoms. The first-order chi connectivity index (χ1) is 14.0. The lowest BCUT2D eigenvalue weighted by Crippen LogP contribution is -2.30. The normalized spacial score (nSPS) is 17.5. The summed E-state index contributed by atoms with van der Waals surface area (Å²) in [6.07, 6.45) is 1.51. The number of nitrogens with one attached hydrogen (secondary N) is 1. The first-order valence-electron chi connectivity index (χ1n) is 9.22. The van der Waals surface area contributed by atoms with E-state index in [0.29, 0.717) is 21.9 Å². The van der Waals surface area contributed by atoms with Crippen LogP contribution in [0.2, 0.25) is 0 Å². The second-order valence-electron chi connectivity index (χ2n) is 7.55.